The first kappa shape index (κ1) is 13.1. The summed E-state index contributed by atoms with van der Waals surface area (Å²) >= 11 is 0. The number of carboxylic acids is 1. The summed E-state index contributed by atoms with van der Waals surface area (Å²) in [5.41, 5.74) is 1.21. The third-order valence-corrected chi connectivity index (χ3v) is 3.25. The Bertz CT molecular complexity index is 400. The average molecular weight is 249 g/mol. The zero-order valence-corrected chi connectivity index (χ0v) is 10.4. The van der Waals surface area contributed by atoms with E-state index in [9.17, 15) is 4.79 Å². The highest BCUT2D eigenvalue weighted by atomic mass is 16.5. The van der Waals surface area contributed by atoms with Crippen LogP contribution in [0.2, 0.25) is 0 Å². The first-order valence-corrected chi connectivity index (χ1v) is 6.37. The molecule has 4 heteroatoms. The van der Waals surface area contributed by atoms with Crippen molar-refractivity contribution >= 4 is 5.97 Å². The number of hydrogen-bond acceptors (Lipinski definition) is 3. The van der Waals surface area contributed by atoms with Crippen molar-refractivity contribution in [1.82, 2.24) is 5.32 Å². The van der Waals surface area contributed by atoms with Gasteiger partial charge in [0.25, 0.3) is 0 Å². The second kappa shape index (κ2) is 6.52. The number of ether oxygens (including phenoxy) is 1. The number of rotatable bonds is 5. The van der Waals surface area contributed by atoms with Gasteiger partial charge in [-0.1, -0.05) is 18.2 Å². The van der Waals surface area contributed by atoms with Gasteiger partial charge in [0.1, 0.15) is 0 Å². The summed E-state index contributed by atoms with van der Waals surface area (Å²) in [4.78, 5) is 11.0. The molecule has 1 aromatic rings. The van der Waals surface area contributed by atoms with Crippen molar-refractivity contribution in [2.75, 3.05) is 19.8 Å². The Kier molecular flexibility index (Phi) is 4.73. The molecule has 0 saturated carbocycles. The molecule has 1 aliphatic rings. The van der Waals surface area contributed by atoms with E-state index in [1.807, 2.05) is 12.1 Å². The van der Waals surface area contributed by atoms with Crippen LogP contribution >= 0.6 is 0 Å². The Hall–Kier alpha value is -1.39. The lowest BCUT2D eigenvalue weighted by atomic mass is 10.0. The highest BCUT2D eigenvalue weighted by molar-refractivity contribution is 5.89. The number of carboxylic acid groups (broad SMARTS) is 1. The van der Waals surface area contributed by atoms with Gasteiger partial charge in [-0.15, -0.1) is 0 Å². The number of aromatic carboxylic acids is 1. The fourth-order valence-corrected chi connectivity index (χ4v) is 2.26. The van der Waals surface area contributed by atoms with Gasteiger partial charge in [0.15, 0.2) is 0 Å². The van der Waals surface area contributed by atoms with Crippen LogP contribution in [-0.2, 0) is 11.3 Å². The molecule has 98 valence electrons. The molecule has 18 heavy (non-hydrogen) atoms. The maximum absolute atomic E-state index is 11.0. The van der Waals surface area contributed by atoms with Crippen molar-refractivity contribution in [2.45, 2.75) is 19.4 Å². The van der Waals surface area contributed by atoms with Crippen molar-refractivity contribution in [3.8, 4) is 0 Å². The molecule has 0 aliphatic carbocycles. The van der Waals surface area contributed by atoms with Gasteiger partial charge in [-0.05, 0) is 30.4 Å². The molecule has 0 aromatic heterocycles. The van der Waals surface area contributed by atoms with Gasteiger partial charge >= 0.3 is 5.97 Å². The second-order valence-corrected chi connectivity index (χ2v) is 4.68. The fourth-order valence-electron chi connectivity index (χ4n) is 2.26. The lowest BCUT2D eigenvalue weighted by Crippen LogP contribution is -2.29. The molecule has 1 fully saturated rings. The van der Waals surface area contributed by atoms with E-state index in [2.05, 4.69) is 5.32 Å². The SMILES string of the molecule is O=C(O)c1ccccc1CNCC1CCCOC1. The van der Waals surface area contributed by atoms with Crippen molar-refractivity contribution in [2.24, 2.45) is 5.92 Å². The van der Waals surface area contributed by atoms with Gasteiger partial charge in [0.05, 0.1) is 12.2 Å². The Morgan fingerprint density at radius 3 is 3.00 bits per heavy atom. The van der Waals surface area contributed by atoms with Gasteiger partial charge in [0, 0.05) is 19.7 Å². The molecule has 0 spiro atoms. The van der Waals surface area contributed by atoms with Crippen molar-refractivity contribution in [1.29, 1.82) is 0 Å². The fraction of sp³-hybridized carbons (Fsp3) is 0.500. The predicted molar refractivity (Wildman–Crippen MR) is 68.7 cm³/mol. The minimum atomic E-state index is -0.867. The molecule has 0 amide bonds. The number of carbonyl (C=O) groups is 1. The normalized spacial score (nSPS) is 19.7. The quantitative estimate of drug-likeness (QED) is 0.836. The van der Waals surface area contributed by atoms with Gasteiger partial charge in [-0.25, -0.2) is 4.79 Å². The maximum Gasteiger partial charge on any atom is 0.336 e. The number of hydrogen-bond donors (Lipinski definition) is 2. The summed E-state index contributed by atoms with van der Waals surface area (Å²) in [6.45, 7) is 3.17. The van der Waals surface area contributed by atoms with E-state index in [0.717, 1.165) is 31.7 Å². The zero-order valence-electron chi connectivity index (χ0n) is 10.4. The van der Waals surface area contributed by atoms with Crippen LogP contribution in [0.4, 0.5) is 0 Å². The van der Waals surface area contributed by atoms with Crippen LogP contribution in [0.1, 0.15) is 28.8 Å². The number of nitrogens with one attached hydrogen (secondary N) is 1. The Morgan fingerprint density at radius 2 is 2.28 bits per heavy atom. The molecule has 1 aliphatic heterocycles. The van der Waals surface area contributed by atoms with Crippen LogP contribution < -0.4 is 5.32 Å². The van der Waals surface area contributed by atoms with Crippen LogP contribution in [0.25, 0.3) is 0 Å². The van der Waals surface area contributed by atoms with Gasteiger partial charge in [-0.3, -0.25) is 0 Å². The summed E-state index contributed by atoms with van der Waals surface area (Å²) in [5, 5.41) is 12.4. The van der Waals surface area contributed by atoms with Gasteiger partial charge in [-0.2, -0.15) is 0 Å². The van der Waals surface area contributed by atoms with Crippen LogP contribution in [0.3, 0.4) is 0 Å². The Labute approximate surface area is 107 Å². The lowest BCUT2D eigenvalue weighted by Gasteiger charge is -2.22. The topological polar surface area (TPSA) is 58.6 Å². The largest absolute Gasteiger partial charge is 0.478 e. The molecule has 0 radical (unpaired) electrons. The van der Waals surface area contributed by atoms with Crippen LogP contribution in [0.15, 0.2) is 24.3 Å². The minimum absolute atomic E-state index is 0.380. The van der Waals surface area contributed by atoms with Crippen LogP contribution in [-0.4, -0.2) is 30.8 Å². The number of benzene rings is 1. The molecule has 1 unspecified atom stereocenters. The van der Waals surface area contributed by atoms with E-state index in [-0.39, 0.29) is 0 Å². The summed E-state index contributed by atoms with van der Waals surface area (Å²) in [6, 6.07) is 7.12. The molecular weight excluding hydrogens is 230 g/mol. The minimum Gasteiger partial charge on any atom is -0.478 e. The van der Waals surface area contributed by atoms with E-state index >= 15 is 0 Å². The molecular formula is C14H19NO3. The monoisotopic (exact) mass is 249 g/mol. The molecule has 1 atom stereocenters. The molecule has 1 aromatic carbocycles. The predicted octanol–water partition coefficient (Wildman–Crippen LogP) is 1.90. The molecule has 1 heterocycles. The Morgan fingerprint density at radius 1 is 1.44 bits per heavy atom. The zero-order chi connectivity index (χ0) is 12.8. The van der Waals surface area contributed by atoms with Crippen molar-refractivity contribution < 1.29 is 14.6 Å². The van der Waals surface area contributed by atoms with Crippen molar-refractivity contribution in [3.05, 3.63) is 35.4 Å². The summed E-state index contributed by atoms with van der Waals surface area (Å²) in [5.74, 6) is -0.316. The van der Waals surface area contributed by atoms with Gasteiger partial charge in [0.2, 0.25) is 0 Å². The van der Waals surface area contributed by atoms with E-state index < -0.39 is 5.97 Å². The third-order valence-electron chi connectivity index (χ3n) is 3.25. The molecule has 0 bridgehead atoms. The summed E-state index contributed by atoms with van der Waals surface area (Å²) in [7, 11) is 0. The highest BCUT2D eigenvalue weighted by Gasteiger charge is 2.14. The average Bonchev–Trinajstić information content (AvgIpc) is 2.40. The Balaban J connectivity index is 1.84. The summed E-state index contributed by atoms with van der Waals surface area (Å²) in [6.07, 6.45) is 2.31. The van der Waals surface area contributed by atoms with Gasteiger partial charge < -0.3 is 15.2 Å². The summed E-state index contributed by atoms with van der Waals surface area (Å²) < 4.78 is 5.41. The van der Waals surface area contributed by atoms with E-state index in [4.69, 9.17) is 9.84 Å². The van der Waals surface area contributed by atoms with Crippen LogP contribution in [0, 0.1) is 5.92 Å². The van der Waals surface area contributed by atoms with E-state index in [0.29, 0.717) is 18.0 Å². The smallest absolute Gasteiger partial charge is 0.336 e. The highest BCUT2D eigenvalue weighted by Crippen LogP contribution is 2.13. The molecule has 2 rings (SSSR count). The van der Waals surface area contributed by atoms with Crippen LogP contribution in [0.5, 0.6) is 0 Å². The third kappa shape index (κ3) is 3.55. The first-order valence-electron chi connectivity index (χ1n) is 6.37. The van der Waals surface area contributed by atoms with E-state index in [1.165, 1.54) is 6.42 Å². The molecule has 4 nitrogen and oxygen atoms in total. The maximum atomic E-state index is 11.0. The van der Waals surface area contributed by atoms with E-state index in [1.54, 1.807) is 12.1 Å². The lowest BCUT2D eigenvalue weighted by molar-refractivity contribution is 0.0547. The molecule has 1 saturated heterocycles. The first-order chi connectivity index (χ1) is 8.77. The van der Waals surface area contributed by atoms with Crippen molar-refractivity contribution in [3.63, 3.8) is 0 Å². The second-order valence-electron chi connectivity index (χ2n) is 4.68. The standard InChI is InChI=1S/C14H19NO3/c16-14(17)13-6-2-1-5-12(13)9-15-8-11-4-3-7-18-10-11/h1-2,5-6,11,15H,3-4,7-10H2,(H,16,17). The molecule has 2 N–H and O–H groups in total.